The summed E-state index contributed by atoms with van der Waals surface area (Å²) in [5.74, 6) is -0.115. The number of hydrogen-bond donors (Lipinski definition) is 2. The van der Waals surface area contributed by atoms with Gasteiger partial charge in [-0.2, -0.15) is 4.98 Å². The molecule has 5 heterocycles. The summed E-state index contributed by atoms with van der Waals surface area (Å²) in [5.41, 5.74) is 3.01. The predicted octanol–water partition coefficient (Wildman–Crippen LogP) is 2.46. The smallest absolute Gasteiger partial charge is 0.298 e. The number of rotatable bonds is 3. The van der Waals surface area contributed by atoms with E-state index in [1.54, 1.807) is 6.20 Å². The molecule has 3 aliphatic rings. The van der Waals surface area contributed by atoms with E-state index in [2.05, 4.69) is 25.5 Å². The number of fused-ring (bicyclic) bond motifs is 3. The van der Waals surface area contributed by atoms with Crippen molar-refractivity contribution in [3.63, 3.8) is 0 Å². The van der Waals surface area contributed by atoms with Crippen LogP contribution >= 0.6 is 11.3 Å². The summed E-state index contributed by atoms with van der Waals surface area (Å²) in [6.07, 6.45) is 2.99. The monoisotopic (exact) mass is 355 g/mol. The Labute approximate surface area is 148 Å². The lowest BCUT2D eigenvalue weighted by Crippen LogP contribution is -2.67. The fourth-order valence-corrected chi connectivity index (χ4v) is 4.27. The molecule has 2 atom stereocenters. The molecular formula is C17H17N5O2S. The van der Waals surface area contributed by atoms with E-state index < -0.39 is 0 Å². The van der Waals surface area contributed by atoms with Gasteiger partial charge in [-0.15, -0.1) is 11.3 Å². The number of carbonyl (C=O) groups excluding carboxylic acids is 1. The lowest BCUT2D eigenvalue weighted by molar-refractivity contribution is -0.114. The summed E-state index contributed by atoms with van der Waals surface area (Å²) < 4.78 is 6.13. The van der Waals surface area contributed by atoms with Crippen LogP contribution in [0.2, 0.25) is 0 Å². The average Bonchev–Trinajstić information content (AvgIpc) is 3.22. The number of nitrogens with zero attached hydrogens (tertiary/aromatic N) is 3. The topological polar surface area (TPSA) is 83.3 Å². The zero-order valence-electron chi connectivity index (χ0n) is 13.7. The van der Waals surface area contributed by atoms with Crippen LogP contribution in [0.25, 0.3) is 21.7 Å². The van der Waals surface area contributed by atoms with Gasteiger partial charge in [0.25, 0.3) is 6.01 Å². The van der Waals surface area contributed by atoms with Crippen LogP contribution in [0.15, 0.2) is 28.1 Å². The van der Waals surface area contributed by atoms with Crippen molar-refractivity contribution in [1.82, 2.24) is 15.3 Å². The quantitative estimate of drug-likeness (QED) is 0.751. The van der Waals surface area contributed by atoms with Gasteiger partial charge in [0, 0.05) is 49.4 Å². The fourth-order valence-electron chi connectivity index (χ4n) is 3.62. The Hall–Kier alpha value is -2.45. The Morgan fingerprint density at radius 1 is 1.40 bits per heavy atom. The largest absolute Gasteiger partial charge is 0.423 e. The Morgan fingerprint density at radius 2 is 2.20 bits per heavy atom. The Balaban J connectivity index is 1.61. The Bertz CT molecular complexity index is 936. The summed E-state index contributed by atoms with van der Waals surface area (Å²) in [7, 11) is 0. The van der Waals surface area contributed by atoms with E-state index in [9.17, 15) is 4.79 Å². The van der Waals surface area contributed by atoms with Crippen molar-refractivity contribution < 1.29 is 9.21 Å². The Morgan fingerprint density at radius 3 is 2.88 bits per heavy atom. The number of carbonyl (C=O) groups is 1. The lowest BCUT2D eigenvalue weighted by atomic mass is 9.92. The normalized spacial score (nSPS) is 22.0. The van der Waals surface area contributed by atoms with Gasteiger partial charge in [-0.25, -0.2) is 4.98 Å². The number of oxazole rings is 1. The molecule has 1 aromatic carbocycles. The first-order valence-electron chi connectivity index (χ1n) is 8.29. The number of piperidine rings is 1. The van der Waals surface area contributed by atoms with Gasteiger partial charge >= 0.3 is 0 Å². The minimum Gasteiger partial charge on any atom is -0.423 e. The third kappa shape index (κ3) is 2.58. The summed E-state index contributed by atoms with van der Waals surface area (Å²) >= 11 is 1.54. The molecule has 128 valence electrons. The molecule has 2 aromatic heterocycles. The number of aromatic nitrogens is 2. The number of nitrogens with one attached hydrogen (secondary N) is 2. The Kier molecular flexibility index (Phi) is 3.29. The highest BCUT2D eigenvalue weighted by molar-refractivity contribution is 7.13. The van der Waals surface area contributed by atoms with E-state index in [0.29, 0.717) is 29.4 Å². The van der Waals surface area contributed by atoms with Crippen molar-refractivity contribution in [2.24, 2.45) is 0 Å². The van der Waals surface area contributed by atoms with Crippen molar-refractivity contribution in [2.75, 3.05) is 23.3 Å². The maximum absolute atomic E-state index is 11.5. The molecule has 3 fully saturated rings. The standard InChI is InChI=1S/C17H17N5O2S/c1-9(23)19-10-5-13(16-18-2-3-25-16)15-14(6-10)21-17(24-15)22-7-11-4-12(8-22)20-11/h2-3,5-6,11-12,20H,4,7-8H2,1H3,(H,19,23). The van der Waals surface area contributed by atoms with Crippen LogP contribution in [-0.4, -0.2) is 41.0 Å². The van der Waals surface area contributed by atoms with Crippen molar-refractivity contribution in [3.05, 3.63) is 23.7 Å². The molecule has 0 spiro atoms. The van der Waals surface area contributed by atoms with E-state index in [0.717, 1.165) is 29.2 Å². The van der Waals surface area contributed by atoms with Gasteiger partial charge in [0.1, 0.15) is 10.5 Å². The van der Waals surface area contributed by atoms with Crippen molar-refractivity contribution >= 4 is 40.0 Å². The highest BCUT2D eigenvalue weighted by Gasteiger charge is 2.38. The number of benzene rings is 1. The first kappa shape index (κ1) is 14.9. The van der Waals surface area contributed by atoms with Crippen LogP contribution in [0, 0.1) is 0 Å². The fraction of sp³-hybridized carbons (Fsp3) is 0.353. The number of thiazole rings is 1. The molecule has 1 amide bonds. The minimum atomic E-state index is -0.115. The first-order chi connectivity index (χ1) is 12.2. The van der Waals surface area contributed by atoms with Crippen molar-refractivity contribution in [3.8, 4) is 10.6 Å². The molecule has 3 aromatic rings. The van der Waals surface area contributed by atoms with Gasteiger partial charge < -0.3 is 20.0 Å². The van der Waals surface area contributed by atoms with Gasteiger partial charge in [0.15, 0.2) is 5.58 Å². The molecule has 2 N–H and O–H groups in total. The second-order valence-corrected chi connectivity index (χ2v) is 7.48. The third-order valence-corrected chi connectivity index (χ3v) is 5.46. The maximum Gasteiger partial charge on any atom is 0.298 e. The number of anilines is 2. The van der Waals surface area contributed by atoms with E-state index in [1.807, 2.05) is 17.5 Å². The molecular weight excluding hydrogens is 338 g/mol. The lowest BCUT2D eigenvalue weighted by Gasteiger charge is -2.47. The highest BCUT2D eigenvalue weighted by atomic mass is 32.1. The van der Waals surface area contributed by atoms with Crippen LogP contribution in [0.3, 0.4) is 0 Å². The van der Waals surface area contributed by atoms with Crippen LogP contribution < -0.4 is 15.5 Å². The maximum atomic E-state index is 11.5. The zero-order valence-corrected chi connectivity index (χ0v) is 14.5. The molecule has 7 nitrogen and oxygen atoms in total. The van der Waals surface area contributed by atoms with Crippen LogP contribution in [-0.2, 0) is 4.79 Å². The van der Waals surface area contributed by atoms with E-state index in [1.165, 1.54) is 24.7 Å². The SMILES string of the molecule is CC(=O)Nc1cc(-c2nccs2)c2oc(N3CC4CC(C3)N4)nc2c1. The zero-order chi connectivity index (χ0) is 17.0. The van der Waals surface area contributed by atoms with Crippen molar-refractivity contribution in [1.29, 1.82) is 0 Å². The van der Waals surface area contributed by atoms with Gasteiger partial charge in [-0.1, -0.05) is 0 Å². The van der Waals surface area contributed by atoms with Crippen LogP contribution in [0.5, 0.6) is 0 Å². The van der Waals surface area contributed by atoms with Crippen molar-refractivity contribution in [2.45, 2.75) is 25.4 Å². The van der Waals surface area contributed by atoms with E-state index in [4.69, 9.17) is 4.42 Å². The molecule has 0 aliphatic carbocycles. The summed E-state index contributed by atoms with van der Waals surface area (Å²) in [5, 5.41) is 9.12. The van der Waals surface area contributed by atoms with Crippen LogP contribution in [0.4, 0.5) is 11.7 Å². The third-order valence-electron chi connectivity index (χ3n) is 4.65. The minimum absolute atomic E-state index is 0.115. The molecule has 8 heteroatoms. The summed E-state index contributed by atoms with van der Waals surface area (Å²) in [6, 6.07) is 5.45. The second-order valence-electron chi connectivity index (χ2n) is 6.59. The van der Waals surface area contributed by atoms with Gasteiger partial charge in [0.05, 0.1) is 5.56 Å². The molecule has 3 saturated heterocycles. The molecule has 2 unspecified atom stereocenters. The number of piperazine rings is 1. The van der Waals surface area contributed by atoms with Crippen LogP contribution in [0.1, 0.15) is 13.3 Å². The molecule has 6 rings (SSSR count). The molecule has 25 heavy (non-hydrogen) atoms. The number of hydrogen-bond acceptors (Lipinski definition) is 7. The molecule has 3 aliphatic heterocycles. The number of amides is 1. The van der Waals surface area contributed by atoms with Gasteiger partial charge in [0.2, 0.25) is 5.91 Å². The van der Waals surface area contributed by atoms with E-state index in [-0.39, 0.29) is 5.91 Å². The average molecular weight is 355 g/mol. The first-order valence-corrected chi connectivity index (χ1v) is 9.17. The molecule has 0 radical (unpaired) electrons. The molecule has 2 bridgehead atoms. The van der Waals surface area contributed by atoms with E-state index >= 15 is 0 Å². The predicted molar refractivity (Wildman–Crippen MR) is 97.0 cm³/mol. The van der Waals surface area contributed by atoms with Gasteiger partial charge in [-0.3, -0.25) is 4.79 Å². The summed E-state index contributed by atoms with van der Waals surface area (Å²) in [4.78, 5) is 22.7. The summed E-state index contributed by atoms with van der Waals surface area (Å²) in [6.45, 7) is 3.32. The molecule has 0 saturated carbocycles. The highest BCUT2D eigenvalue weighted by Crippen LogP contribution is 2.36. The van der Waals surface area contributed by atoms with Gasteiger partial charge in [-0.05, 0) is 18.6 Å². The second kappa shape index (κ2) is 5.53.